The number of Topliss-reactive ketones (excluding diaryl/α,β-unsaturated/α-hetero) is 1. The van der Waals surface area contributed by atoms with Crippen molar-refractivity contribution in [3.63, 3.8) is 0 Å². The van der Waals surface area contributed by atoms with E-state index in [1.807, 2.05) is 12.3 Å². The maximum absolute atomic E-state index is 13.0. The lowest BCUT2D eigenvalue weighted by Gasteiger charge is -2.38. The molecule has 1 atom stereocenters. The van der Waals surface area contributed by atoms with Crippen molar-refractivity contribution in [2.45, 2.75) is 37.9 Å². The number of aromatic hydroxyl groups is 1. The lowest BCUT2D eigenvalue weighted by Crippen LogP contribution is -2.36. The fourth-order valence-corrected chi connectivity index (χ4v) is 4.03. The number of phenols is 1. The van der Waals surface area contributed by atoms with Crippen LogP contribution in [0, 0.1) is 5.41 Å². The number of rotatable bonds is 2. The third-order valence-corrected chi connectivity index (χ3v) is 5.22. The van der Waals surface area contributed by atoms with Crippen LogP contribution in [0.4, 0.5) is 5.95 Å². The second kappa shape index (κ2) is 5.62. The molecule has 0 spiro atoms. The number of allylic oxidation sites excluding steroid dienone is 2. The van der Waals surface area contributed by atoms with Gasteiger partial charge in [-0.15, -0.1) is 5.10 Å². The first kappa shape index (κ1) is 16.2. The largest absolute Gasteiger partial charge is 0.508 e. The van der Waals surface area contributed by atoms with Crippen LogP contribution < -0.4 is 5.32 Å². The standard InChI is InChI=1S/C18H20N4O2S/c1-18(2)8-12-14(13(24)9-18)15(10-5-4-6-11(23)7-10)22-16(19-12)20-17(21-22)25-3/h4-7,15,23H,8-9H2,1-3H3,(H,19,20,21)/t15-/m0/s1. The van der Waals surface area contributed by atoms with Gasteiger partial charge < -0.3 is 10.4 Å². The number of anilines is 1. The summed E-state index contributed by atoms with van der Waals surface area (Å²) in [5.41, 5.74) is 2.40. The quantitative estimate of drug-likeness (QED) is 0.803. The number of ketones is 1. The summed E-state index contributed by atoms with van der Waals surface area (Å²) in [6.45, 7) is 4.21. The Bertz CT molecular complexity index is 900. The van der Waals surface area contributed by atoms with Crippen LogP contribution in [0.15, 0.2) is 40.7 Å². The number of benzene rings is 1. The van der Waals surface area contributed by atoms with Crippen LogP contribution in [0.5, 0.6) is 5.75 Å². The molecule has 1 aromatic carbocycles. The average Bonchev–Trinajstić information content (AvgIpc) is 2.94. The van der Waals surface area contributed by atoms with Gasteiger partial charge >= 0.3 is 0 Å². The van der Waals surface area contributed by atoms with Gasteiger partial charge in [0.1, 0.15) is 11.8 Å². The Hall–Kier alpha value is -2.28. The molecular weight excluding hydrogens is 336 g/mol. The summed E-state index contributed by atoms with van der Waals surface area (Å²) < 4.78 is 1.76. The number of hydrogen-bond donors (Lipinski definition) is 2. The van der Waals surface area contributed by atoms with Crippen LogP contribution in [0.1, 0.15) is 38.3 Å². The van der Waals surface area contributed by atoms with Crippen molar-refractivity contribution in [3.8, 4) is 5.75 Å². The van der Waals surface area contributed by atoms with Gasteiger partial charge in [0.2, 0.25) is 11.1 Å². The topological polar surface area (TPSA) is 80.0 Å². The Labute approximate surface area is 150 Å². The number of carbonyl (C=O) groups excluding carboxylic acids is 1. The van der Waals surface area contributed by atoms with Gasteiger partial charge in [-0.1, -0.05) is 37.7 Å². The molecule has 0 radical (unpaired) electrons. The Kier molecular flexibility index (Phi) is 3.64. The van der Waals surface area contributed by atoms with Crippen molar-refractivity contribution >= 4 is 23.5 Å². The zero-order valence-corrected chi connectivity index (χ0v) is 15.2. The molecule has 0 saturated carbocycles. The minimum absolute atomic E-state index is 0.0865. The van der Waals surface area contributed by atoms with Crippen LogP contribution in [-0.2, 0) is 4.79 Å². The van der Waals surface area contributed by atoms with Gasteiger partial charge in [-0.2, -0.15) is 4.98 Å². The van der Waals surface area contributed by atoms with Gasteiger partial charge in [0, 0.05) is 17.7 Å². The number of thioether (sulfide) groups is 1. The molecule has 25 heavy (non-hydrogen) atoms. The molecule has 0 fully saturated rings. The van der Waals surface area contributed by atoms with Gasteiger partial charge in [-0.3, -0.25) is 4.79 Å². The first-order valence-electron chi connectivity index (χ1n) is 8.21. The molecule has 0 amide bonds. The summed E-state index contributed by atoms with van der Waals surface area (Å²) in [5.74, 6) is 0.939. The van der Waals surface area contributed by atoms with E-state index < -0.39 is 0 Å². The van der Waals surface area contributed by atoms with E-state index in [0.29, 0.717) is 17.5 Å². The summed E-state index contributed by atoms with van der Waals surface area (Å²) >= 11 is 1.46. The molecule has 130 valence electrons. The van der Waals surface area contributed by atoms with Crippen LogP contribution in [-0.4, -0.2) is 31.9 Å². The molecular formula is C18H20N4O2S. The summed E-state index contributed by atoms with van der Waals surface area (Å²) in [5, 5.41) is 18.5. The Morgan fingerprint density at radius 3 is 2.88 bits per heavy atom. The smallest absolute Gasteiger partial charge is 0.227 e. The highest BCUT2D eigenvalue weighted by Crippen LogP contribution is 2.45. The zero-order valence-electron chi connectivity index (χ0n) is 14.4. The van der Waals surface area contributed by atoms with Crippen LogP contribution >= 0.6 is 11.8 Å². The summed E-state index contributed by atoms with van der Waals surface area (Å²) in [6.07, 6.45) is 3.21. The van der Waals surface area contributed by atoms with E-state index >= 15 is 0 Å². The molecule has 2 heterocycles. The molecule has 0 unspecified atom stereocenters. The van der Waals surface area contributed by atoms with Crippen molar-refractivity contribution in [2.24, 2.45) is 5.41 Å². The van der Waals surface area contributed by atoms with E-state index in [0.717, 1.165) is 23.3 Å². The highest BCUT2D eigenvalue weighted by Gasteiger charge is 2.41. The van der Waals surface area contributed by atoms with E-state index in [2.05, 4.69) is 29.2 Å². The van der Waals surface area contributed by atoms with Gasteiger partial charge in [0.25, 0.3) is 0 Å². The van der Waals surface area contributed by atoms with E-state index in [4.69, 9.17) is 0 Å². The van der Waals surface area contributed by atoms with Crippen molar-refractivity contribution in [3.05, 3.63) is 41.1 Å². The maximum Gasteiger partial charge on any atom is 0.227 e. The van der Waals surface area contributed by atoms with Crippen molar-refractivity contribution in [1.29, 1.82) is 0 Å². The second-order valence-corrected chi connectivity index (χ2v) is 8.10. The number of fused-ring (bicyclic) bond motifs is 1. The number of carbonyl (C=O) groups is 1. The molecule has 1 aromatic heterocycles. The number of aromatic nitrogens is 3. The first-order chi connectivity index (χ1) is 11.9. The van der Waals surface area contributed by atoms with Crippen LogP contribution in [0.2, 0.25) is 0 Å². The molecule has 4 rings (SSSR count). The third-order valence-electron chi connectivity index (χ3n) is 4.68. The molecule has 0 bridgehead atoms. The minimum atomic E-state index is -0.365. The SMILES string of the molecule is CSc1nc2n(n1)[C@@H](c1cccc(O)c1)C1=C(CC(C)(C)CC1=O)N2. The first-order valence-corrected chi connectivity index (χ1v) is 9.43. The summed E-state index contributed by atoms with van der Waals surface area (Å²) in [6, 6.07) is 6.66. The third kappa shape index (κ3) is 2.72. The molecule has 6 nitrogen and oxygen atoms in total. The lowest BCUT2D eigenvalue weighted by molar-refractivity contribution is -0.118. The lowest BCUT2D eigenvalue weighted by atomic mass is 9.73. The predicted octanol–water partition coefficient (Wildman–Crippen LogP) is 3.36. The van der Waals surface area contributed by atoms with E-state index in [9.17, 15) is 9.90 Å². The van der Waals surface area contributed by atoms with Gasteiger partial charge in [0.15, 0.2) is 5.78 Å². The fraction of sp³-hybridized carbons (Fsp3) is 0.389. The summed E-state index contributed by atoms with van der Waals surface area (Å²) in [7, 11) is 0. The zero-order chi connectivity index (χ0) is 17.8. The Morgan fingerprint density at radius 2 is 2.16 bits per heavy atom. The maximum atomic E-state index is 13.0. The van der Waals surface area contributed by atoms with Gasteiger partial charge in [-0.05, 0) is 35.8 Å². The molecule has 7 heteroatoms. The second-order valence-electron chi connectivity index (χ2n) is 7.32. The molecule has 2 aromatic rings. The molecule has 2 N–H and O–H groups in total. The highest BCUT2D eigenvalue weighted by molar-refractivity contribution is 7.98. The van der Waals surface area contributed by atoms with E-state index in [1.54, 1.807) is 22.9 Å². The number of nitrogens with one attached hydrogen (secondary N) is 1. The normalized spacial score (nSPS) is 21.6. The average molecular weight is 356 g/mol. The van der Waals surface area contributed by atoms with Crippen LogP contribution in [0.3, 0.4) is 0 Å². The van der Waals surface area contributed by atoms with Crippen molar-refractivity contribution < 1.29 is 9.90 Å². The van der Waals surface area contributed by atoms with E-state index in [-0.39, 0.29) is 23.0 Å². The van der Waals surface area contributed by atoms with Gasteiger partial charge in [0.05, 0.1) is 0 Å². The molecule has 2 aliphatic rings. The van der Waals surface area contributed by atoms with Gasteiger partial charge in [-0.25, -0.2) is 4.68 Å². The molecule has 1 aliphatic heterocycles. The minimum Gasteiger partial charge on any atom is -0.508 e. The monoisotopic (exact) mass is 356 g/mol. The molecule has 1 aliphatic carbocycles. The Balaban J connectivity index is 1.92. The number of hydrogen-bond acceptors (Lipinski definition) is 6. The number of nitrogens with zero attached hydrogens (tertiary/aromatic N) is 3. The molecule has 0 saturated heterocycles. The van der Waals surface area contributed by atoms with Crippen molar-refractivity contribution in [2.75, 3.05) is 11.6 Å². The Morgan fingerprint density at radius 1 is 1.36 bits per heavy atom. The van der Waals surface area contributed by atoms with Crippen LogP contribution in [0.25, 0.3) is 0 Å². The number of phenolic OH excluding ortho intramolecular Hbond substituents is 1. The highest BCUT2D eigenvalue weighted by atomic mass is 32.2. The summed E-state index contributed by atoms with van der Waals surface area (Å²) in [4.78, 5) is 17.5. The van der Waals surface area contributed by atoms with Crippen molar-refractivity contribution in [1.82, 2.24) is 14.8 Å². The predicted molar refractivity (Wildman–Crippen MR) is 96.7 cm³/mol. The fourth-order valence-electron chi connectivity index (χ4n) is 3.68. The van der Waals surface area contributed by atoms with E-state index in [1.165, 1.54) is 11.8 Å².